The van der Waals surface area contributed by atoms with Crippen LogP contribution in [0.4, 0.5) is 5.13 Å². The first-order valence-corrected chi connectivity index (χ1v) is 13.1. The Morgan fingerprint density at radius 2 is 1.92 bits per heavy atom. The van der Waals surface area contributed by atoms with E-state index in [1.54, 1.807) is 21.7 Å². The SMILES string of the molecule is COc1cnc(Cl)cc1-c1cc(C)ncc1C(=O)Nc1nc2c(s1)CN(C(=O)c1cc(C(C)C)n(C)n1)C2. The summed E-state index contributed by atoms with van der Waals surface area (Å²) in [5.74, 6) is 0.254. The van der Waals surface area contributed by atoms with E-state index in [-0.39, 0.29) is 22.9 Å². The molecule has 0 bridgehead atoms. The molecule has 0 atom stereocenters. The second kappa shape index (κ2) is 10.1. The number of aromatic nitrogens is 5. The fourth-order valence-electron chi connectivity index (χ4n) is 4.44. The van der Waals surface area contributed by atoms with Gasteiger partial charge in [0.25, 0.3) is 11.8 Å². The Morgan fingerprint density at radius 1 is 1.13 bits per heavy atom. The van der Waals surface area contributed by atoms with E-state index in [0.29, 0.717) is 46.4 Å². The zero-order chi connectivity index (χ0) is 27.1. The van der Waals surface area contributed by atoms with Gasteiger partial charge in [-0.15, -0.1) is 0 Å². The minimum Gasteiger partial charge on any atom is -0.494 e. The molecule has 38 heavy (non-hydrogen) atoms. The van der Waals surface area contributed by atoms with Crippen molar-refractivity contribution in [1.29, 1.82) is 0 Å². The van der Waals surface area contributed by atoms with Crippen LogP contribution in [0.25, 0.3) is 11.1 Å². The van der Waals surface area contributed by atoms with Gasteiger partial charge in [-0.1, -0.05) is 36.8 Å². The summed E-state index contributed by atoms with van der Waals surface area (Å²) in [4.78, 5) is 42.0. The number of anilines is 1. The molecule has 4 aromatic heterocycles. The largest absolute Gasteiger partial charge is 0.494 e. The summed E-state index contributed by atoms with van der Waals surface area (Å²) in [6, 6.07) is 5.30. The fourth-order valence-corrected chi connectivity index (χ4v) is 5.58. The van der Waals surface area contributed by atoms with E-state index in [9.17, 15) is 9.59 Å². The molecule has 0 spiro atoms. The molecule has 196 valence electrons. The maximum Gasteiger partial charge on any atom is 0.275 e. The average molecular weight is 552 g/mol. The first-order chi connectivity index (χ1) is 18.1. The summed E-state index contributed by atoms with van der Waals surface area (Å²) in [5.41, 5.74) is 4.52. The van der Waals surface area contributed by atoms with Crippen LogP contribution in [0.2, 0.25) is 5.15 Å². The van der Waals surface area contributed by atoms with Crippen LogP contribution in [-0.4, -0.2) is 48.6 Å². The van der Waals surface area contributed by atoms with Crippen molar-refractivity contribution < 1.29 is 14.3 Å². The van der Waals surface area contributed by atoms with Crippen molar-refractivity contribution in [2.45, 2.75) is 39.8 Å². The van der Waals surface area contributed by atoms with E-state index in [1.807, 2.05) is 20.0 Å². The minimum absolute atomic E-state index is 0.136. The molecule has 4 aromatic rings. The second-order valence-electron chi connectivity index (χ2n) is 9.32. The van der Waals surface area contributed by atoms with Crippen molar-refractivity contribution in [3.05, 3.63) is 69.0 Å². The molecule has 0 unspecified atom stereocenters. The van der Waals surface area contributed by atoms with E-state index >= 15 is 0 Å². The highest BCUT2D eigenvalue weighted by Crippen LogP contribution is 2.35. The topological polar surface area (TPSA) is 115 Å². The Labute approximate surface area is 228 Å². The predicted octanol–water partition coefficient (Wildman–Crippen LogP) is 4.84. The lowest BCUT2D eigenvalue weighted by atomic mass is 10.0. The van der Waals surface area contributed by atoms with Crippen LogP contribution in [0, 0.1) is 6.92 Å². The van der Waals surface area contributed by atoms with E-state index in [1.165, 1.54) is 30.8 Å². The molecule has 0 aromatic carbocycles. The number of aryl methyl sites for hydroxylation is 2. The molecule has 0 fully saturated rings. The summed E-state index contributed by atoms with van der Waals surface area (Å²) < 4.78 is 7.20. The van der Waals surface area contributed by atoms with Crippen LogP contribution in [0.1, 0.15) is 62.6 Å². The van der Waals surface area contributed by atoms with Crippen LogP contribution in [0.15, 0.2) is 30.6 Å². The lowest BCUT2D eigenvalue weighted by Crippen LogP contribution is -2.26. The first kappa shape index (κ1) is 25.8. The highest BCUT2D eigenvalue weighted by molar-refractivity contribution is 7.16. The smallest absolute Gasteiger partial charge is 0.275 e. The molecular formula is C26H26ClN7O3S. The van der Waals surface area contributed by atoms with Gasteiger partial charge in [-0.05, 0) is 31.0 Å². The summed E-state index contributed by atoms with van der Waals surface area (Å²) >= 11 is 7.49. The molecule has 0 saturated carbocycles. The quantitative estimate of drug-likeness (QED) is 0.341. The Balaban J connectivity index is 1.34. The van der Waals surface area contributed by atoms with Crippen molar-refractivity contribution in [3.8, 4) is 16.9 Å². The number of hydrogen-bond acceptors (Lipinski definition) is 8. The number of carbonyl (C=O) groups is 2. The molecule has 12 heteroatoms. The second-order valence-corrected chi connectivity index (χ2v) is 10.8. The maximum atomic E-state index is 13.3. The van der Waals surface area contributed by atoms with Gasteiger partial charge in [0.05, 0.1) is 42.5 Å². The van der Waals surface area contributed by atoms with E-state index in [2.05, 4.69) is 39.2 Å². The van der Waals surface area contributed by atoms with Crippen molar-refractivity contribution >= 4 is 39.9 Å². The molecule has 5 heterocycles. The number of fused-ring (bicyclic) bond motifs is 1. The number of amides is 2. The molecule has 1 N–H and O–H groups in total. The van der Waals surface area contributed by atoms with Gasteiger partial charge in [-0.25, -0.2) is 9.97 Å². The van der Waals surface area contributed by atoms with Gasteiger partial charge in [-0.2, -0.15) is 5.10 Å². The van der Waals surface area contributed by atoms with Gasteiger partial charge in [0.1, 0.15) is 10.9 Å². The molecular weight excluding hydrogens is 526 g/mol. The Hall–Kier alpha value is -3.83. The Morgan fingerprint density at radius 3 is 2.61 bits per heavy atom. The Kier molecular flexibility index (Phi) is 6.89. The van der Waals surface area contributed by atoms with Gasteiger partial charge in [0.2, 0.25) is 0 Å². The number of rotatable bonds is 6. The summed E-state index contributed by atoms with van der Waals surface area (Å²) in [6.07, 6.45) is 3.04. The number of methoxy groups -OCH3 is 1. The Bertz CT molecular complexity index is 1540. The van der Waals surface area contributed by atoms with E-state index in [0.717, 1.165) is 22.0 Å². The number of thiazole rings is 1. The van der Waals surface area contributed by atoms with Crippen molar-refractivity contribution in [1.82, 2.24) is 29.6 Å². The van der Waals surface area contributed by atoms with E-state index in [4.69, 9.17) is 16.3 Å². The number of halogens is 1. The van der Waals surface area contributed by atoms with Gasteiger partial charge < -0.3 is 9.64 Å². The number of carbonyl (C=O) groups excluding carboxylic acids is 2. The summed E-state index contributed by atoms with van der Waals surface area (Å²) in [5, 5.41) is 8.02. The fraction of sp³-hybridized carbons (Fsp3) is 0.308. The summed E-state index contributed by atoms with van der Waals surface area (Å²) in [6.45, 7) is 6.75. The van der Waals surface area contributed by atoms with Crippen LogP contribution in [0.5, 0.6) is 5.75 Å². The zero-order valence-electron chi connectivity index (χ0n) is 21.6. The number of hydrogen-bond donors (Lipinski definition) is 1. The highest BCUT2D eigenvalue weighted by atomic mass is 35.5. The number of nitrogens with one attached hydrogen (secondary N) is 1. The third-order valence-electron chi connectivity index (χ3n) is 6.32. The van der Waals surface area contributed by atoms with Gasteiger partial charge in [0.15, 0.2) is 10.8 Å². The van der Waals surface area contributed by atoms with Crippen LogP contribution >= 0.6 is 22.9 Å². The molecule has 1 aliphatic rings. The molecule has 0 aliphatic carbocycles. The van der Waals surface area contributed by atoms with Crippen LogP contribution in [0.3, 0.4) is 0 Å². The lowest BCUT2D eigenvalue weighted by molar-refractivity contribution is 0.0744. The predicted molar refractivity (Wildman–Crippen MR) is 145 cm³/mol. The van der Waals surface area contributed by atoms with Gasteiger partial charge in [0, 0.05) is 35.8 Å². The average Bonchev–Trinajstić information content (AvgIpc) is 3.56. The lowest BCUT2D eigenvalue weighted by Gasteiger charge is -2.14. The number of nitrogens with zero attached hydrogens (tertiary/aromatic N) is 6. The standard InChI is InChI=1S/C26H26ClN7O3S/c1-13(2)20-8-18(32-33(20)4)25(36)34-11-19-22(12-34)38-26(30-19)31-24(35)17-9-28-14(3)6-15(17)16-7-23(27)29-10-21(16)37-5/h6-10,13H,11-12H2,1-5H3,(H,30,31,35). The maximum absolute atomic E-state index is 13.3. The highest BCUT2D eigenvalue weighted by Gasteiger charge is 2.30. The third kappa shape index (κ3) is 4.86. The van der Waals surface area contributed by atoms with Crippen molar-refractivity contribution in [2.75, 3.05) is 12.4 Å². The van der Waals surface area contributed by atoms with E-state index < -0.39 is 0 Å². The normalized spacial score (nSPS) is 12.7. The molecule has 1 aliphatic heterocycles. The molecule has 0 saturated heterocycles. The van der Waals surface area contributed by atoms with Crippen molar-refractivity contribution in [3.63, 3.8) is 0 Å². The first-order valence-electron chi connectivity index (χ1n) is 11.9. The monoisotopic (exact) mass is 551 g/mol. The van der Waals surface area contributed by atoms with Gasteiger partial charge in [-0.3, -0.25) is 24.6 Å². The van der Waals surface area contributed by atoms with Gasteiger partial charge >= 0.3 is 0 Å². The number of ether oxygens (including phenoxy) is 1. The zero-order valence-corrected chi connectivity index (χ0v) is 23.1. The van der Waals surface area contributed by atoms with Crippen LogP contribution in [-0.2, 0) is 20.1 Å². The molecule has 2 amide bonds. The molecule has 0 radical (unpaired) electrons. The number of pyridine rings is 2. The third-order valence-corrected chi connectivity index (χ3v) is 7.52. The molecule has 10 nitrogen and oxygen atoms in total. The van der Waals surface area contributed by atoms with Crippen LogP contribution < -0.4 is 10.1 Å². The minimum atomic E-state index is -0.363. The molecule has 5 rings (SSSR count). The summed E-state index contributed by atoms with van der Waals surface area (Å²) in [7, 11) is 3.38. The van der Waals surface area contributed by atoms with Crippen molar-refractivity contribution in [2.24, 2.45) is 7.05 Å².